The number of para-hydroxylation sites is 2. The summed E-state index contributed by atoms with van der Waals surface area (Å²) in [6.07, 6.45) is 2.23. The van der Waals surface area contributed by atoms with Crippen LogP contribution in [-0.4, -0.2) is 46.8 Å². The third kappa shape index (κ3) is 6.59. The van der Waals surface area contributed by atoms with Crippen molar-refractivity contribution in [2.24, 2.45) is 4.99 Å². The number of thioether (sulfide) groups is 1. The van der Waals surface area contributed by atoms with Crippen molar-refractivity contribution in [2.45, 2.75) is 25.9 Å². The molecule has 0 saturated carbocycles. The van der Waals surface area contributed by atoms with Gasteiger partial charge in [0.25, 0.3) is 5.91 Å². The van der Waals surface area contributed by atoms with Crippen molar-refractivity contribution in [3.8, 4) is 11.5 Å². The Morgan fingerprint density at radius 3 is 2.43 bits per heavy atom. The highest BCUT2D eigenvalue weighted by Gasteiger charge is 2.33. The van der Waals surface area contributed by atoms with Crippen LogP contribution in [0.3, 0.4) is 0 Å². The number of rotatable bonds is 10. The summed E-state index contributed by atoms with van der Waals surface area (Å²) in [5.41, 5.74) is 2.52. The van der Waals surface area contributed by atoms with Crippen LogP contribution in [0.25, 0.3) is 6.08 Å². The summed E-state index contributed by atoms with van der Waals surface area (Å²) < 4.78 is 11.1. The van der Waals surface area contributed by atoms with Crippen molar-refractivity contribution in [3.05, 3.63) is 94.9 Å². The highest BCUT2D eigenvalue weighted by molar-refractivity contribution is 8.18. The molecule has 0 radical (unpaired) electrons. The number of amidine groups is 1. The SMILES string of the molecule is COc1cccc(/C=C2\SC(=Nc3ccccc3)N(CCCc3ccccc3)C2=O)c1O[C@@H](C)C(=O)O. The van der Waals surface area contributed by atoms with Crippen LogP contribution in [0.1, 0.15) is 24.5 Å². The molecule has 37 heavy (non-hydrogen) atoms. The van der Waals surface area contributed by atoms with Crippen LogP contribution < -0.4 is 9.47 Å². The van der Waals surface area contributed by atoms with Crippen LogP contribution in [0.2, 0.25) is 0 Å². The molecule has 1 saturated heterocycles. The Balaban J connectivity index is 1.64. The van der Waals surface area contributed by atoms with E-state index in [0.717, 1.165) is 18.5 Å². The van der Waals surface area contributed by atoms with E-state index in [2.05, 4.69) is 12.1 Å². The second-order valence-electron chi connectivity index (χ2n) is 8.36. The lowest BCUT2D eigenvalue weighted by Crippen LogP contribution is -2.30. The summed E-state index contributed by atoms with van der Waals surface area (Å²) in [7, 11) is 1.49. The molecule has 0 spiro atoms. The Bertz CT molecular complexity index is 1310. The van der Waals surface area contributed by atoms with Gasteiger partial charge in [0.05, 0.1) is 17.7 Å². The molecule has 1 fully saturated rings. The molecular formula is C29H28N2O5S. The number of hydrogen-bond acceptors (Lipinski definition) is 6. The summed E-state index contributed by atoms with van der Waals surface area (Å²) in [4.78, 5) is 31.9. The number of carbonyl (C=O) groups is 2. The van der Waals surface area contributed by atoms with Crippen molar-refractivity contribution in [3.63, 3.8) is 0 Å². The molecule has 1 atom stereocenters. The first-order valence-corrected chi connectivity index (χ1v) is 12.7. The third-order valence-corrected chi connectivity index (χ3v) is 6.72. The van der Waals surface area contributed by atoms with Crippen LogP contribution in [0, 0.1) is 0 Å². The van der Waals surface area contributed by atoms with Crippen LogP contribution >= 0.6 is 11.8 Å². The number of aliphatic imine (C=N–C) groups is 1. The minimum absolute atomic E-state index is 0.159. The molecular weight excluding hydrogens is 488 g/mol. The van der Waals surface area contributed by atoms with Crippen molar-refractivity contribution < 1.29 is 24.2 Å². The molecule has 1 heterocycles. The lowest BCUT2D eigenvalue weighted by atomic mass is 10.1. The number of amides is 1. The quantitative estimate of drug-likeness (QED) is 0.344. The van der Waals surface area contributed by atoms with Gasteiger partial charge in [-0.3, -0.25) is 9.69 Å². The van der Waals surface area contributed by atoms with Gasteiger partial charge in [-0.25, -0.2) is 9.79 Å². The second kappa shape index (κ2) is 12.3. The van der Waals surface area contributed by atoms with Crippen LogP contribution in [0.4, 0.5) is 5.69 Å². The number of carboxylic acids is 1. The van der Waals surface area contributed by atoms with Gasteiger partial charge < -0.3 is 14.6 Å². The Labute approximate surface area is 220 Å². The first-order chi connectivity index (χ1) is 18.0. The monoisotopic (exact) mass is 516 g/mol. The minimum atomic E-state index is -1.10. The third-order valence-electron chi connectivity index (χ3n) is 5.72. The van der Waals surface area contributed by atoms with Crippen molar-refractivity contribution in [1.29, 1.82) is 0 Å². The molecule has 3 aromatic carbocycles. The van der Waals surface area contributed by atoms with Gasteiger partial charge in [0, 0.05) is 12.1 Å². The average molecular weight is 517 g/mol. The molecule has 0 unspecified atom stereocenters. The summed E-state index contributed by atoms with van der Waals surface area (Å²) in [6.45, 7) is 1.96. The zero-order chi connectivity index (χ0) is 26.2. The maximum Gasteiger partial charge on any atom is 0.344 e. The van der Waals surface area contributed by atoms with Gasteiger partial charge in [-0.1, -0.05) is 60.7 Å². The number of aryl methyl sites for hydroxylation is 1. The smallest absolute Gasteiger partial charge is 0.344 e. The summed E-state index contributed by atoms with van der Waals surface area (Å²) in [6, 6.07) is 24.9. The number of benzene rings is 3. The molecule has 1 aliphatic rings. The fourth-order valence-corrected chi connectivity index (χ4v) is 4.80. The van der Waals surface area contributed by atoms with E-state index in [4.69, 9.17) is 14.5 Å². The van der Waals surface area contributed by atoms with Gasteiger partial charge in [0.2, 0.25) is 0 Å². The van der Waals surface area contributed by atoms with E-state index in [-0.39, 0.29) is 11.7 Å². The van der Waals surface area contributed by atoms with E-state index in [1.165, 1.54) is 31.4 Å². The lowest BCUT2D eigenvalue weighted by Gasteiger charge is -2.16. The maximum atomic E-state index is 13.5. The minimum Gasteiger partial charge on any atom is -0.493 e. The highest BCUT2D eigenvalue weighted by Crippen LogP contribution is 2.38. The average Bonchev–Trinajstić information content (AvgIpc) is 3.19. The Morgan fingerprint density at radius 2 is 1.76 bits per heavy atom. The van der Waals surface area contributed by atoms with E-state index in [9.17, 15) is 14.7 Å². The molecule has 1 aliphatic heterocycles. The highest BCUT2D eigenvalue weighted by atomic mass is 32.2. The Morgan fingerprint density at radius 1 is 1.05 bits per heavy atom. The number of carboxylic acid groups (broad SMARTS) is 1. The van der Waals surface area contributed by atoms with Crippen LogP contribution in [0.5, 0.6) is 11.5 Å². The predicted molar refractivity (Wildman–Crippen MR) is 146 cm³/mol. The number of nitrogens with zero attached hydrogens (tertiary/aromatic N) is 2. The molecule has 8 heteroatoms. The Hall–Kier alpha value is -4.04. The van der Waals surface area contributed by atoms with Crippen molar-refractivity contribution in [2.75, 3.05) is 13.7 Å². The molecule has 1 amide bonds. The topological polar surface area (TPSA) is 88.4 Å². The van der Waals surface area contributed by atoms with Crippen LogP contribution in [-0.2, 0) is 16.0 Å². The fourth-order valence-electron chi connectivity index (χ4n) is 3.79. The van der Waals surface area contributed by atoms with E-state index < -0.39 is 12.1 Å². The predicted octanol–water partition coefficient (Wildman–Crippen LogP) is 5.78. The van der Waals surface area contributed by atoms with Crippen molar-refractivity contribution in [1.82, 2.24) is 4.90 Å². The largest absolute Gasteiger partial charge is 0.493 e. The molecule has 1 N–H and O–H groups in total. The van der Waals surface area contributed by atoms with Crippen molar-refractivity contribution >= 4 is 40.6 Å². The first-order valence-electron chi connectivity index (χ1n) is 11.9. The lowest BCUT2D eigenvalue weighted by molar-refractivity contribution is -0.144. The van der Waals surface area contributed by atoms with Gasteiger partial charge in [0.15, 0.2) is 22.8 Å². The normalized spacial score (nSPS) is 16.3. The van der Waals surface area contributed by atoms with Gasteiger partial charge in [-0.05, 0) is 61.4 Å². The number of ether oxygens (including phenoxy) is 2. The first kappa shape index (κ1) is 26.0. The molecule has 3 aromatic rings. The van der Waals surface area contributed by atoms with E-state index >= 15 is 0 Å². The molecule has 0 bridgehead atoms. The summed E-state index contributed by atoms with van der Waals surface area (Å²) >= 11 is 1.28. The van der Waals surface area contributed by atoms with Crippen LogP contribution in [0.15, 0.2) is 88.8 Å². The Kier molecular flexibility index (Phi) is 8.64. The standard InChI is InChI=1S/C29H28N2O5S/c1-20(28(33)34)36-26-22(14-9-17-24(26)35-2)19-25-27(32)31(18-10-13-21-11-5-3-6-12-21)29(37-25)30-23-15-7-4-8-16-23/h3-9,11-12,14-17,19-20H,10,13,18H2,1-2H3,(H,33,34)/b25-19-,30-29?/t20-/m0/s1. The molecule has 4 rings (SSSR count). The number of carbonyl (C=O) groups excluding carboxylic acids is 1. The van der Waals surface area contributed by atoms with Gasteiger partial charge in [-0.2, -0.15) is 0 Å². The van der Waals surface area contributed by atoms with Gasteiger partial charge in [0.1, 0.15) is 0 Å². The van der Waals surface area contributed by atoms with E-state index in [1.54, 1.807) is 29.2 Å². The number of methoxy groups -OCH3 is 1. The second-order valence-corrected chi connectivity index (χ2v) is 9.37. The summed E-state index contributed by atoms with van der Waals surface area (Å²) in [5.74, 6) is -0.605. The zero-order valence-electron chi connectivity index (χ0n) is 20.7. The zero-order valence-corrected chi connectivity index (χ0v) is 21.5. The molecule has 7 nitrogen and oxygen atoms in total. The maximum absolute atomic E-state index is 13.5. The molecule has 0 aliphatic carbocycles. The molecule has 190 valence electrons. The number of aliphatic carboxylic acids is 1. The van der Waals surface area contributed by atoms with Gasteiger partial charge >= 0.3 is 5.97 Å². The summed E-state index contributed by atoms with van der Waals surface area (Å²) in [5, 5.41) is 9.93. The van der Waals surface area contributed by atoms with E-state index in [0.29, 0.717) is 27.9 Å². The number of hydrogen-bond donors (Lipinski definition) is 1. The van der Waals surface area contributed by atoms with Gasteiger partial charge in [-0.15, -0.1) is 0 Å². The fraction of sp³-hybridized carbons (Fsp3) is 0.207. The van der Waals surface area contributed by atoms with E-state index in [1.807, 2.05) is 48.5 Å². The molecule has 0 aromatic heterocycles.